The van der Waals surface area contributed by atoms with Crippen molar-refractivity contribution in [3.8, 4) is 0 Å². The lowest BCUT2D eigenvalue weighted by molar-refractivity contribution is 0.224. The number of halogens is 1. The molecule has 2 aromatic rings. The fourth-order valence-electron chi connectivity index (χ4n) is 1.49. The van der Waals surface area contributed by atoms with E-state index >= 15 is 0 Å². The number of benzene rings is 1. The average Bonchev–Trinajstić information content (AvgIpc) is 2.63. The Balaban J connectivity index is 2.36. The first kappa shape index (κ1) is 10.7. The third-order valence-electron chi connectivity index (χ3n) is 2.25. The van der Waals surface area contributed by atoms with Crippen LogP contribution in [0.1, 0.15) is 22.1 Å². The highest BCUT2D eigenvalue weighted by Gasteiger charge is 2.14. The lowest BCUT2D eigenvalue weighted by Crippen LogP contribution is -1.97. The first-order chi connectivity index (χ1) is 7.18. The van der Waals surface area contributed by atoms with Gasteiger partial charge in [-0.2, -0.15) is 0 Å². The van der Waals surface area contributed by atoms with Crippen molar-refractivity contribution in [1.82, 2.24) is 0 Å². The predicted octanol–water partition coefficient (Wildman–Crippen LogP) is 3.79. The van der Waals surface area contributed by atoms with Gasteiger partial charge in [-0.1, -0.05) is 41.4 Å². The molecule has 1 unspecified atom stereocenters. The van der Waals surface area contributed by atoms with Gasteiger partial charge in [-0.3, -0.25) is 0 Å². The zero-order valence-corrected chi connectivity index (χ0v) is 9.85. The van der Waals surface area contributed by atoms with Gasteiger partial charge in [0.25, 0.3) is 0 Å². The molecule has 0 bridgehead atoms. The van der Waals surface area contributed by atoms with Crippen LogP contribution in [0.25, 0.3) is 0 Å². The molecular weight excluding hydrogens is 228 g/mol. The minimum Gasteiger partial charge on any atom is -0.383 e. The summed E-state index contributed by atoms with van der Waals surface area (Å²) >= 11 is 7.45. The van der Waals surface area contributed by atoms with E-state index < -0.39 is 6.10 Å². The second-order valence-corrected chi connectivity index (χ2v) is 4.80. The summed E-state index contributed by atoms with van der Waals surface area (Å²) in [6.45, 7) is 2.01. The van der Waals surface area contributed by atoms with Crippen LogP contribution in [0.5, 0.6) is 0 Å². The van der Waals surface area contributed by atoms with E-state index in [4.69, 9.17) is 11.6 Å². The Labute approximate surface area is 98.0 Å². The maximum Gasteiger partial charge on any atom is 0.115 e. The van der Waals surface area contributed by atoms with Gasteiger partial charge in [0.05, 0.1) is 9.90 Å². The van der Waals surface area contributed by atoms with Crippen molar-refractivity contribution in [3.05, 3.63) is 56.7 Å². The summed E-state index contributed by atoms with van der Waals surface area (Å²) in [4.78, 5) is 0.808. The summed E-state index contributed by atoms with van der Waals surface area (Å²) in [5, 5.41) is 12.6. The summed E-state index contributed by atoms with van der Waals surface area (Å²) in [5.41, 5.74) is 2.03. The van der Waals surface area contributed by atoms with E-state index in [1.54, 1.807) is 6.07 Å². The van der Waals surface area contributed by atoms with Gasteiger partial charge in [0.2, 0.25) is 0 Å². The third-order valence-corrected chi connectivity index (χ3v) is 3.66. The van der Waals surface area contributed by atoms with Crippen molar-refractivity contribution < 1.29 is 5.11 Å². The lowest BCUT2D eigenvalue weighted by Gasteiger charge is -2.10. The van der Waals surface area contributed by atoms with E-state index in [0.717, 1.165) is 16.0 Å². The molecule has 1 heterocycles. The predicted molar refractivity (Wildman–Crippen MR) is 64.6 cm³/mol. The molecule has 0 aliphatic carbocycles. The minimum atomic E-state index is -0.614. The second-order valence-electron chi connectivity index (χ2n) is 3.45. The molecule has 0 spiro atoms. The summed E-state index contributed by atoms with van der Waals surface area (Å²) in [6, 6.07) is 9.64. The quantitative estimate of drug-likeness (QED) is 0.844. The summed E-state index contributed by atoms with van der Waals surface area (Å²) < 4.78 is 0. The Hall–Kier alpha value is -0.830. The monoisotopic (exact) mass is 238 g/mol. The Morgan fingerprint density at radius 3 is 2.73 bits per heavy atom. The summed E-state index contributed by atoms with van der Waals surface area (Å²) in [6.07, 6.45) is -0.614. The Morgan fingerprint density at radius 1 is 1.33 bits per heavy atom. The molecule has 2 rings (SSSR count). The maximum atomic E-state index is 10.1. The molecule has 0 aliphatic heterocycles. The fraction of sp³-hybridized carbons (Fsp3) is 0.167. The Kier molecular flexibility index (Phi) is 3.10. The van der Waals surface area contributed by atoms with E-state index in [1.165, 1.54) is 11.3 Å². The molecule has 0 radical (unpaired) electrons. The molecule has 1 aromatic heterocycles. The van der Waals surface area contributed by atoms with Crippen molar-refractivity contribution >= 4 is 22.9 Å². The summed E-state index contributed by atoms with van der Waals surface area (Å²) in [7, 11) is 0. The van der Waals surface area contributed by atoms with E-state index in [9.17, 15) is 5.11 Å². The number of hydrogen-bond acceptors (Lipinski definition) is 2. The highest BCUT2D eigenvalue weighted by atomic mass is 35.5. The smallest absolute Gasteiger partial charge is 0.115 e. The number of aliphatic hydroxyl groups excluding tert-OH is 1. The number of rotatable bonds is 2. The van der Waals surface area contributed by atoms with E-state index in [0.29, 0.717) is 5.02 Å². The van der Waals surface area contributed by atoms with Gasteiger partial charge < -0.3 is 5.11 Å². The molecule has 1 aromatic carbocycles. The van der Waals surface area contributed by atoms with Crippen LogP contribution in [-0.4, -0.2) is 5.11 Å². The van der Waals surface area contributed by atoms with Crippen LogP contribution in [0.4, 0.5) is 0 Å². The molecule has 15 heavy (non-hydrogen) atoms. The molecule has 0 amide bonds. The van der Waals surface area contributed by atoms with Crippen molar-refractivity contribution in [2.75, 3.05) is 0 Å². The molecule has 1 atom stereocenters. The van der Waals surface area contributed by atoms with E-state index in [1.807, 2.05) is 36.6 Å². The highest BCUT2D eigenvalue weighted by Crippen LogP contribution is 2.32. The second kappa shape index (κ2) is 4.35. The normalized spacial score (nSPS) is 12.7. The van der Waals surface area contributed by atoms with Crippen LogP contribution < -0.4 is 0 Å². The third kappa shape index (κ3) is 2.23. The van der Waals surface area contributed by atoms with Gasteiger partial charge in [-0.05, 0) is 23.9 Å². The van der Waals surface area contributed by atoms with Crippen molar-refractivity contribution in [2.45, 2.75) is 13.0 Å². The molecule has 0 saturated heterocycles. The van der Waals surface area contributed by atoms with Crippen LogP contribution in [0, 0.1) is 6.92 Å². The van der Waals surface area contributed by atoms with Gasteiger partial charge in [-0.15, -0.1) is 11.3 Å². The largest absolute Gasteiger partial charge is 0.383 e. The maximum absolute atomic E-state index is 10.1. The Morgan fingerprint density at radius 2 is 2.13 bits per heavy atom. The topological polar surface area (TPSA) is 20.2 Å². The Bertz CT molecular complexity index is 464. The molecule has 0 saturated carbocycles. The minimum absolute atomic E-state index is 0.614. The van der Waals surface area contributed by atoms with Crippen LogP contribution in [0.15, 0.2) is 35.7 Å². The first-order valence-corrected chi connectivity index (χ1v) is 5.92. The van der Waals surface area contributed by atoms with Crippen molar-refractivity contribution in [3.63, 3.8) is 0 Å². The zero-order valence-electron chi connectivity index (χ0n) is 8.27. The van der Waals surface area contributed by atoms with Crippen LogP contribution >= 0.6 is 22.9 Å². The van der Waals surface area contributed by atoms with Crippen LogP contribution in [0.3, 0.4) is 0 Å². The lowest BCUT2D eigenvalue weighted by atomic mass is 10.1. The van der Waals surface area contributed by atoms with Crippen molar-refractivity contribution in [1.29, 1.82) is 0 Å². The van der Waals surface area contributed by atoms with E-state index in [-0.39, 0.29) is 0 Å². The molecule has 1 N–H and O–H groups in total. The molecule has 1 nitrogen and oxygen atoms in total. The molecule has 0 fully saturated rings. The number of hydrogen-bond donors (Lipinski definition) is 1. The molecular formula is C12H11ClOS. The van der Waals surface area contributed by atoms with Gasteiger partial charge in [0.1, 0.15) is 6.10 Å². The SMILES string of the molecule is Cc1cccc(C(O)c2sccc2Cl)c1. The van der Waals surface area contributed by atoms with Crippen molar-refractivity contribution in [2.24, 2.45) is 0 Å². The molecule has 78 valence electrons. The van der Waals surface area contributed by atoms with E-state index in [2.05, 4.69) is 0 Å². The summed E-state index contributed by atoms with van der Waals surface area (Å²) in [5.74, 6) is 0. The standard InChI is InChI=1S/C12H11ClOS/c1-8-3-2-4-9(7-8)11(14)12-10(13)5-6-15-12/h2-7,11,14H,1H3. The highest BCUT2D eigenvalue weighted by molar-refractivity contribution is 7.10. The number of aryl methyl sites for hydroxylation is 1. The molecule has 0 aliphatic rings. The number of aliphatic hydroxyl groups is 1. The zero-order chi connectivity index (χ0) is 10.8. The average molecular weight is 239 g/mol. The van der Waals surface area contributed by atoms with Crippen LogP contribution in [0.2, 0.25) is 5.02 Å². The van der Waals surface area contributed by atoms with Gasteiger partial charge in [-0.25, -0.2) is 0 Å². The molecule has 3 heteroatoms. The number of thiophene rings is 1. The van der Waals surface area contributed by atoms with Gasteiger partial charge >= 0.3 is 0 Å². The van der Waals surface area contributed by atoms with Gasteiger partial charge in [0.15, 0.2) is 0 Å². The fourth-order valence-corrected chi connectivity index (χ4v) is 2.66. The first-order valence-electron chi connectivity index (χ1n) is 4.66. The van der Waals surface area contributed by atoms with Crippen LogP contribution in [-0.2, 0) is 0 Å². The van der Waals surface area contributed by atoms with Gasteiger partial charge in [0, 0.05) is 0 Å².